The molecule has 24 heavy (non-hydrogen) atoms. The summed E-state index contributed by atoms with van der Waals surface area (Å²) in [5, 5.41) is 18.8. The number of esters is 1. The average molecular weight is 334 g/mol. The van der Waals surface area contributed by atoms with Crippen molar-refractivity contribution in [2.75, 3.05) is 19.8 Å². The minimum absolute atomic E-state index is 0.0210. The number of unbranched alkanes of at least 4 members (excludes halogenated alkanes) is 1. The van der Waals surface area contributed by atoms with Crippen molar-refractivity contribution in [2.45, 2.75) is 32.3 Å². The fourth-order valence-electron chi connectivity index (χ4n) is 2.04. The van der Waals surface area contributed by atoms with Crippen LogP contribution in [0.15, 0.2) is 48.6 Å². The number of aliphatic hydroxyl groups excluding tert-OH is 2. The average Bonchev–Trinajstić information content (AvgIpc) is 2.59. The van der Waals surface area contributed by atoms with Crippen molar-refractivity contribution in [3.05, 3.63) is 54.1 Å². The molecule has 0 unspecified atom stereocenters. The van der Waals surface area contributed by atoms with Gasteiger partial charge in [0.1, 0.15) is 12.4 Å². The smallest absolute Gasteiger partial charge is 0.330 e. The Morgan fingerprint density at radius 1 is 1.25 bits per heavy atom. The van der Waals surface area contributed by atoms with Gasteiger partial charge in [-0.25, -0.2) is 4.79 Å². The Morgan fingerprint density at radius 3 is 2.67 bits per heavy atom. The third-order valence-electron chi connectivity index (χ3n) is 3.24. The molecule has 2 N–H and O–H groups in total. The molecule has 0 saturated carbocycles. The van der Waals surface area contributed by atoms with Gasteiger partial charge in [-0.05, 0) is 43.9 Å². The van der Waals surface area contributed by atoms with Gasteiger partial charge in [0.2, 0.25) is 0 Å². The van der Waals surface area contributed by atoms with E-state index in [1.807, 2.05) is 18.2 Å². The molecule has 0 radical (unpaired) electrons. The van der Waals surface area contributed by atoms with Crippen LogP contribution in [0.2, 0.25) is 0 Å². The third-order valence-corrected chi connectivity index (χ3v) is 3.24. The van der Waals surface area contributed by atoms with Crippen molar-refractivity contribution in [3.8, 4) is 5.75 Å². The molecule has 0 fully saturated rings. The molecule has 1 aromatic rings. The maximum absolute atomic E-state index is 11.1. The van der Waals surface area contributed by atoms with Crippen molar-refractivity contribution >= 4 is 5.97 Å². The van der Waals surface area contributed by atoms with Crippen molar-refractivity contribution in [1.29, 1.82) is 0 Å². The summed E-state index contributed by atoms with van der Waals surface area (Å²) >= 11 is 0. The van der Waals surface area contributed by atoms with Crippen molar-refractivity contribution in [3.63, 3.8) is 0 Å². The van der Waals surface area contributed by atoms with Crippen LogP contribution in [0.3, 0.4) is 0 Å². The first kappa shape index (κ1) is 19.9. The van der Waals surface area contributed by atoms with Crippen LogP contribution in [0.5, 0.6) is 5.75 Å². The van der Waals surface area contributed by atoms with Crippen LogP contribution < -0.4 is 4.74 Å². The van der Waals surface area contributed by atoms with Gasteiger partial charge < -0.3 is 19.7 Å². The van der Waals surface area contributed by atoms with Crippen LogP contribution in [0.4, 0.5) is 0 Å². The van der Waals surface area contributed by atoms with E-state index >= 15 is 0 Å². The zero-order chi connectivity index (χ0) is 17.6. The van der Waals surface area contributed by atoms with E-state index in [1.54, 1.807) is 31.2 Å². The van der Waals surface area contributed by atoms with Gasteiger partial charge in [-0.2, -0.15) is 0 Å². The fraction of sp³-hybridized carbons (Fsp3) is 0.421. The second-order valence-electron chi connectivity index (χ2n) is 5.13. The molecule has 1 aromatic carbocycles. The molecule has 0 spiro atoms. The highest BCUT2D eigenvalue weighted by Gasteiger charge is 2.06. The van der Waals surface area contributed by atoms with E-state index in [-0.39, 0.29) is 19.2 Å². The summed E-state index contributed by atoms with van der Waals surface area (Å²) in [6, 6.07) is 7.23. The van der Waals surface area contributed by atoms with Crippen LogP contribution in [-0.2, 0) is 9.53 Å². The van der Waals surface area contributed by atoms with Crippen LogP contribution in [-0.4, -0.2) is 36.0 Å². The van der Waals surface area contributed by atoms with Gasteiger partial charge in [-0.15, -0.1) is 0 Å². The maximum atomic E-state index is 11.1. The SMILES string of the molecule is CCOC(=O)/C=C/C=C/CCC[C@H](O)c1ccc(OCCO)cc1. The minimum Gasteiger partial charge on any atom is -0.491 e. The van der Waals surface area contributed by atoms with E-state index in [0.29, 0.717) is 18.8 Å². The molecule has 0 aromatic heterocycles. The Bertz CT molecular complexity index is 519. The predicted molar refractivity (Wildman–Crippen MR) is 92.7 cm³/mol. The Hall–Kier alpha value is -2.11. The Morgan fingerprint density at radius 2 is 2.00 bits per heavy atom. The third kappa shape index (κ3) is 8.50. The van der Waals surface area contributed by atoms with E-state index in [4.69, 9.17) is 14.6 Å². The lowest BCUT2D eigenvalue weighted by atomic mass is 10.0. The first-order valence-electron chi connectivity index (χ1n) is 8.19. The van der Waals surface area contributed by atoms with Crippen LogP contribution in [0, 0.1) is 0 Å². The lowest BCUT2D eigenvalue weighted by molar-refractivity contribution is -0.137. The number of benzene rings is 1. The van der Waals surface area contributed by atoms with Gasteiger partial charge in [0.05, 0.1) is 19.3 Å². The summed E-state index contributed by atoms with van der Waals surface area (Å²) in [5.74, 6) is 0.334. The molecule has 0 heterocycles. The number of ether oxygens (including phenoxy) is 2. The standard InChI is InChI=1S/C19H26O5/c1-2-23-19(22)9-7-5-3-4-6-8-18(21)16-10-12-17(13-11-16)24-15-14-20/h3,5,7,9-13,18,20-21H,2,4,6,8,14-15H2,1H3/b5-3+,9-7+/t18-/m0/s1. The second-order valence-corrected chi connectivity index (χ2v) is 5.13. The summed E-state index contributed by atoms with van der Waals surface area (Å²) in [7, 11) is 0. The molecule has 5 heteroatoms. The number of allylic oxidation sites excluding steroid dienone is 3. The number of carbonyl (C=O) groups is 1. The molecule has 1 rings (SSSR count). The van der Waals surface area contributed by atoms with E-state index in [0.717, 1.165) is 18.4 Å². The first-order valence-corrected chi connectivity index (χ1v) is 8.19. The second kappa shape index (κ2) is 12.3. The fourth-order valence-corrected chi connectivity index (χ4v) is 2.04. The highest BCUT2D eigenvalue weighted by Crippen LogP contribution is 2.22. The zero-order valence-electron chi connectivity index (χ0n) is 14.1. The van der Waals surface area contributed by atoms with Crippen LogP contribution in [0.1, 0.15) is 37.9 Å². The first-order chi connectivity index (χ1) is 11.7. The Balaban J connectivity index is 2.26. The van der Waals surface area contributed by atoms with Gasteiger partial charge in [-0.3, -0.25) is 0 Å². The summed E-state index contributed by atoms with van der Waals surface area (Å²) < 4.78 is 10.0. The molecule has 0 aliphatic carbocycles. The molecule has 5 nitrogen and oxygen atoms in total. The Labute approximate surface area is 143 Å². The molecule has 132 valence electrons. The molecular formula is C19H26O5. The van der Waals surface area contributed by atoms with Crippen molar-refractivity contribution in [2.24, 2.45) is 0 Å². The van der Waals surface area contributed by atoms with Crippen LogP contribution >= 0.6 is 0 Å². The highest BCUT2D eigenvalue weighted by atomic mass is 16.5. The molecule has 0 saturated heterocycles. The zero-order valence-corrected chi connectivity index (χ0v) is 14.1. The predicted octanol–water partition coefficient (Wildman–Crippen LogP) is 2.94. The quantitative estimate of drug-likeness (QED) is 0.282. The van der Waals surface area contributed by atoms with Gasteiger partial charge in [0.25, 0.3) is 0 Å². The van der Waals surface area contributed by atoms with Crippen molar-refractivity contribution < 1.29 is 24.5 Å². The largest absolute Gasteiger partial charge is 0.491 e. The lowest BCUT2D eigenvalue weighted by Gasteiger charge is -2.11. The van der Waals surface area contributed by atoms with Gasteiger partial charge in [0, 0.05) is 6.08 Å². The summed E-state index contributed by atoms with van der Waals surface area (Å²) in [4.78, 5) is 11.1. The monoisotopic (exact) mass is 334 g/mol. The number of aliphatic hydroxyl groups is 2. The van der Waals surface area contributed by atoms with Gasteiger partial charge >= 0.3 is 5.97 Å². The molecule has 0 aliphatic rings. The number of hydrogen-bond acceptors (Lipinski definition) is 5. The van der Waals surface area contributed by atoms with E-state index in [9.17, 15) is 9.90 Å². The van der Waals surface area contributed by atoms with Crippen LogP contribution in [0.25, 0.3) is 0 Å². The summed E-state index contributed by atoms with van der Waals surface area (Å²) in [6.45, 7) is 2.38. The van der Waals surface area contributed by atoms with E-state index in [1.165, 1.54) is 6.08 Å². The molecule has 1 atom stereocenters. The number of hydrogen-bond donors (Lipinski definition) is 2. The van der Waals surface area contributed by atoms with Gasteiger partial charge in [-0.1, -0.05) is 30.4 Å². The minimum atomic E-state index is -0.514. The van der Waals surface area contributed by atoms with Gasteiger partial charge in [0.15, 0.2) is 0 Å². The summed E-state index contributed by atoms with van der Waals surface area (Å²) in [5.41, 5.74) is 0.845. The Kier molecular flexibility index (Phi) is 10.2. The molecule has 0 bridgehead atoms. The maximum Gasteiger partial charge on any atom is 0.330 e. The molecule has 0 aliphatic heterocycles. The number of rotatable bonds is 11. The topological polar surface area (TPSA) is 76.0 Å². The highest BCUT2D eigenvalue weighted by molar-refractivity contribution is 5.82. The van der Waals surface area contributed by atoms with Crippen molar-refractivity contribution in [1.82, 2.24) is 0 Å². The molecule has 0 amide bonds. The van der Waals surface area contributed by atoms with E-state index < -0.39 is 6.10 Å². The number of carbonyl (C=O) groups excluding carboxylic acids is 1. The normalized spacial score (nSPS) is 12.6. The lowest BCUT2D eigenvalue weighted by Crippen LogP contribution is -2.02. The molecular weight excluding hydrogens is 308 g/mol. The summed E-state index contributed by atoms with van der Waals surface area (Å²) in [6.07, 6.45) is 8.60. The van der Waals surface area contributed by atoms with E-state index in [2.05, 4.69) is 0 Å².